The van der Waals surface area contributed by atoms with Crippen molar-refractivity contribution in [2.24, 2.45) is 0 Å². The van der Waals surface area contributed by atoms with Crippen LogP contribution in [0.1, 0.15) is 29.8 Å². The van der Waals surface area contributed by atoms with Crippen molar-refractivity contribution in [2.75, 3.05) is 11.9 Å². The Hall–Kier alpha value is -3.60. The van der Waals surface area contributed by atoms with Crippen LogP contribution in [-0.2, 0) is 28.8 Å². The minimum absolute atomic E-state index is 0.0942. The molecule has 0 fully saturated rings. The molecule has 1 N–H and O–H groups in total. The van der Waals surface area contributed by atoms with Gasteiger partial charge in [-0.05, 0) is 50.2 Å². The van der Waals surface area contributed by atoms with Crippen LogP contribution >= 0.6 is 11.6 Å². The van der Waals surface area contributed by atoms with Crippen molar-refractivity contribution >= 4 is 40.2 Å². The van der Waals surface area contributed by atoms with E-state index in [0.717, 1.165) is 10.6 Å². The van der Waals surface area contributed by atoms with Crippen LogP contribution in [0.25, 0.3) is 11.0 Å². The maximum Gasteiger partial charge on any atom is 0.417 e. The third kappa shape index (κ3) is 4.98. The fourth-order valence-corrected chi connectivity index (χ4v) is 3.62. The van der Waals surface area contributed by atoms with Crippen LogP contribution in [0.3, 0.4) is 0 Å². The third-order valence-electron chi connectivity index (χ3n) is 4.91. The van der Waals surface area contributed by atoms with Gasteiger partial charge < -0.3 is 14.6 Å². The summed E-state index contributed by atoms with van der Waals surface area (Å²) >= 11 is 5.59. The standard InChI is InChI=1S/C22H19ClF3N3O5/c1-3-28-16-8-5-12(21(33)34-4-2)9-17(16)29(20(32)19(28)31)11-18(30)27-13-6-7-15(23)14(10-13)22(24,25)26/h5-10H,3-4,11H2,1-2H3,(H,27,30). The molecule has 0 spiro atoms. The molecule has 0 unspecified atom stereocenters. The first-order chi connectivity index (χ1) is 16.0. The minimum atomic E-state index is -4.74. The second kappa shape index (κ2) is 9.72. The number of nitrogens with one attached hydrogen (secondary N) is 1. The summed E-state index contributed by atoms with van der Waals surface area (Å²) in [6.07, 6.45) is -4.74. The topological polar surface area (TPSA) is 99.4 Å². The molecule has 0 saturated carbocycles. The molecule has 1 heterocycles. The normalized spacial score (nSPS) is 11.5. The second-order valence-corrected chi connectivity index (χ2v) is 7.51. The van der Waals surface area contributed by atoms with Gasteiger partial charge in [0.05, 0.1) is 33.8 Å². The van der Waals surface area contributed by atoms with Crippen LogP contribution in [0.5, 0.6) is 0 Å². The molecule has 0 radical (unpaired) electrons. The SMILES string of the molecule is CCOC(=O)c1ccc2c(c1)n(CC(=O)Nc1ccc(Cl)c(C(F)(F)F)c1)c(=O)c(=O)n2CC. The smallest absolute Gasteiger partial charge is 0.417 e. The van der Waals surface area contributed by atoms with E-state index in [1.165, 1.54) is 28.8 Å². The number of rotatable bonds is 6. The first-order valence-electron chi connectivity index (χ1n) is 10.1. The number of aryl methyl sites for hydroxylation is 1. The Morgan fingerprint density at radius 1 is 1.00 bits per heavy atom. The number of ether oxygens (including phenoxy) is 1. The van der Waals surface area contributed by atoms with Crippen molar-refractivity contribution in [2.45, 2.75) is 33.1 Å². The maximum atomic E-state index is 13.1. The summed E-state index contributed by atoms with van der Waals surface area (Å²) in [4.78, 5) is 50.1. The van der Waals surface area contributed by atoms with E-state index in [2.05, 4.69) is 5.32 Å². The van der Waals surface area contributed by atoms with Gasteiger partial charge in [-0.1, -0.05) is 11.6 Å². The first-order valence-corrected chi connectivity index (χ1v) is 10.5. The molecule has 0 bridgehead atoms. The van der Waals surface area contributed by atoms with Crippen LogP contribution in [0.15, 0.2) is 46.0 Å². The molecule has 3 rings (SSSR count). The molecule has 0 aliphatic rings. The van der Waals surface area contributed by atoms with Crippen molar-refractivity contribution in [1.29, 1.82) is 0 Å². The van der Waals surface area contributed by atoms with Crippen LogP contribution in [0, 0.1) is 0 Å². The zero-order valence-corrected chi connectivity index (χ0v) is 18.8. The van der Waals surface area contributed by atoms with Crippen molar-refractivity contribution in [3.63, 3.8) is 0 Å². The quantitative estimate of drug-likeness (QED) is 0.414. The lowest BCUT2D eigenvalue weighted by molar-refractivity contribution is -0.137. The van der Waals surface area contributed by atoms with Gasteiger partial charge in [0.2, 0.25) is 5.91 Å². The molecule has 180 valence electrons. The highest BCUT2D eigenvalue weighted by Crippen LogP contribution is 2.36. The Morgan fingerprint density at radius 3 is 2.29 bits per heavy atom. The van der Waals surface area contributed by atoms with Gasteiger partial charge in [-0.15, -0.1) is 0 Å². The fraction of sp³-hybridized carbons (Fsp3) is 0.273. The first kappa shape index (κ1) is 25.0. The van der Waals surface area contributed by atoms with Crippen molar-refractivity contribution in [3.05, 3.63) is 73.3 Å². The number of anilines is 1. The highest BCUT2D eigenvalue weighted by molar-refractivity contribution is 6.31. The van der Waals surface area contributed by atoms with Gasteiger partial charge in [0.1, 0.15) is 6.54 Å². The molecule has 2 aromatic carbocycles. The maximum absolute atomic E-state index is 13.1. The van der Waals surface area contributed by atoms with Crippen LogP contribution < -0.4 is 16.4 Å². The average Bonchev–Trinajstić information content (AvgIpc) is 2.77. The minimum Gasteiger partial charge on any atom is -0.462 e. The summed E-state index contributed by atoms with van der Waals surface area (Å²) in [6, 6.07) is 7.01. The molecule has 0 aliphatic carbocycles. The van der Waals surface area contributed by atoms with E-state index in [-0.39, 0.29) is 29.9 Å². The predicted octanol–water partition coefficient (Wildman–Crippen LogP) is 3.67. The van der Waals surface area contributed by atoms with Crippen molar-refractivity contribution in [1.82, 2.24) is 9.13 Å². The molecule has 1 aromatic heterocycles. The Labute approximate surface area is 195 Å². The number of nitrogens with zero attached hydrogens (tertiary/aromatic N) is 2. The van der Waals surface area contributed by atoms with Gasteiger partial charge >= 0.3 is 23.3 Å². The number of fused-ring (bicyclic) bond motifs is 1. The molecule has 8 nitrogen and oxygen atoms in total. The molecular weight excluding hydrogens is 479 g/mol. The molecular formula is C22H19ClF3N3O5. The Balaban J connectivity index is 2.05. The van der Waals surface area contributed by atoms with Gasteiger partial charge in [0.25, 0.3) is 0 Å². The number of carbonyl (C=O) groups is 2. The highest BCUT2D eigenvalue weighted by atomic mass is 35.5. The number of esters is 1. The second-order valence-electron chi connectivity index (χ2n) is 7.11. The predicted molar refractivity (Wildman–Crippen MR) is 119 cm³/mol. The summed E-state index contributed by atoms with van der Waals surface area (Å²) in [7, 11) is 0. The van der Waals surface area contributed by atoms with E-state index in [1.54, 1.807) is 13.8 Å². The highest BCUT2D eigenvalue weighted by Gasteiger charge is 2.33. The number of hydrogen-bond donors (Lipinski definition) is 1. The fourth-order valence-electron chi connectivity index (χ4n) is 3.39. The molecule has 34 heavy (non-hydrogen) atoms. The van der Waals surface area contributed by atoms with Gasteiger partial charge in [0.15, 0.2) is 0 Å². The van der Waals surface area contributed by atoms with Gasteiger partial charge in [-0.25, -0.2) is 4.79 Å². The molecule has 0 atom stereocenters. The zero-order valence-electron chi connectivity index (χ0n) is 18.0. The van der Waals surface area contributed by atoms with E-state index >= 15 is 0 Å². The van der Waals surface area contributed by atoms with Crippen LogP contribution in [0.4, 0.5) is 18.9 Å². The van der Waals surface area contributed by atoms with Crippen molar-refractivity contribution < 1.29 is 27.5 Å². The average molecular weight is 498 g/mol. The molecule has 12 heteroatoms. The van der Waals surface area contributed by atoms with E-state index < -0.39 is 46.3 Å². The summed E-state index contributed by atoms with van der Waals surface area (Å²) in [5, 5.41) is 1.73. The van der Waals surface area contributed by atoms with Gasteiger partial charge in [0, 0.05) is 12.2 Å². The summed E-state index contributed by atoms with van der Waals surface area (Å²) in [5.41, 5.74) is -2.77. The molecule has 3 aromatic rings. The van der Waals surface area contributed by atoms with Crippen LogP contribution in [-0.4, -0.2) is 27.6 Å². The number of amides is 1. The molecule has 0 saturated heterocycles. The lowest BCUT2D eigenvalue weighted by Gasteiger charge is -2.15. The van der Waals surface area contributed by atoms with E-state index in [1.807, 2.05) is 0 Å². The van der Waals surface area contributed by atoms with Crippen LogP contribution in [0.2, 0.25) is 5.02 Å². The lowest BCUT2D eigenvalue weighted by atomic mass is 10.1. The van der Waals surface area contributed by atoms with Gasteiger partial charge in [-0.2, -0.15) is 13.2 Å². The number of halogens is 4. The van der Waals surface area contributed by atoms with E-state index in [0.29, 0.717) is 11.6 Å². The Morgan fingerprint density at radius 2 is 1.68 bits per heavy atom. The third-order valence-corrected chi connectivity index (χ3v) is 5.24. The Kier molecular flexibility index (Phi) is 7.15. The summed E-state index contributed by atoms with van der Waals surface area (Å²) in [5.74, 6) is -1.53. The number of carbonyl (C=O) groups excluding carboxylic acids is 2. The summed E-state index contributed by atoms with van der Waals surface area (Å²) < 4.78 is 46.3. The van der Waals surface area contributed by atoms with E-state index in [4.69, 9.17) is 16.3 Å². The largest absolute Gasteiger partial charge is 0.462 e. The van der Waals surface area contributed by atoms with Crippen molar-refractivity contribution in [3.8, 4) is 0 Å². The number of benzene rings is 2. The molecule has 1 amide bonds. The molecule has 0 aliphatic heterocycles. The lowest BCUT2D eigenvalue weighted by Crippen LogP contribution is -2.43. The number of aromatic nitrogens is 2. The zero-order chi connectivity index (χ0) is 25.2. The monoisotopic (exact) mass is 497 g/mol. The van der Waals surface area contributed by atoms with E-state index in [9.17, 15) is 32.3 Å². The van der Waals surface area contributed by atoms with Gasteiger partial charge in [-0.3, -0.25) is 19.0 Å². The Bertz CT molecular complexity index is 1400. The summed E-state index contributed by atoms with van der Waals surface area (Å²) in [6.45, 7) is 2.85. The number of hydrogen-bond acceptors (Lipinski definition) is 5. The number of alkyl halides is 3.